The van der Waals surface area contributed by atoms with Crippen LogP contribution in [0, 0.1) is 10.1 Å². The van der Waals surface area contributed by atoms with Gasteiger partial charge in [0.1, 0.15) is 0 Å². The first-order chi connectivity index (χ1) is 6.68. The van der Waals surface area contributed by atoms with E-state index in [1.165, 1.54) is 0 Å². The number of nitro benzene ring substituents is 1. The van der Waals surface area contributed by atoms with Gasteiger partial charge in [-0.3, -0.25) is 10.1 Å². The molecule has 0 bridgehead atoms. The molecule has 2 rings (SSSR count). The Balaban J connectivity index is 2.45. The van der Waals surface area contributed by atoms with Crippen molar-refractivity contribution in [2.45, 2.75) is 25.3 Å². The summed E-state index contributed by atoms with van der Waals surface area (Å²) >= 11 is 0. The monoisotopic (exact) mass is 192 g/mol. The Labute approximate surface area is 81.9 Å². The van der Waals surface area contributed by atoms with Gasteiger partial charge in [-0.05, 0) is 30.4 Å². The van der Waals surface area contributed by atoms with Crippen molar-refractivity contribution in [3.63, 3.8) is 0 Å². The molecule has 0 aromatic heterocycles. The fourth-order valence-corrected chi connectivity index (χ4v) is 1.94. The first-order valence-electron chi connectivity index (χ1n) is 4.71. The van der Waals surface area contributed by atoms with Crippen molar-refractivity contribution >= 4 is 5.69 Å². The predicted octanol–water partition coefficient (Wildman–Crippen LogP) is 1.93. The van der Waals surface area contributed by atoms with Crippen molar-refractivity contribution in [1.29, 1.82) is 0 Å². The van der Waals surface area contributed by atoms with Crippen LogP contribution in [0.4, 0.5) is 5.69 Å². The average Bonchev–Trinajstić information content (AvgIpc) is 2.18. The first kappa shape index (κ1) is 9.15. The summed E-state index contributed by atoms with van der Waals surface area (Å²) < 4.78 is 0. The van der Waals surface area contributed by atoms with Crippen LogP contribution in [0.5, 0.6) is 0 Å². The maximum Gasteiger partial charge on any atom is 0.269 e. The molecule has 0 fully saturated rings. The van der Waals surface area contributed by atoms with Crippen LogP contribution in [0.25, 0.3) is 0 Å². The molecule has 1 aliphatic rings. The second-order valence-electron chi connectivity index (χ2n) is 3.64. The van der Waals surface area contributed by atoms with Gasteiger partial charge in [0.2, 0.25) is 0 Å². The number of rotatable bonds is 1. The highest BCUT2D eigenvalue weighted by Crippen LogP contribution is 2.30. The summed E-state index contributed by atoms with van der Waals surface area (Å²) in [7, 11) is 0. The zero-order valence-corrected chi connectivity index (χ0v) is 7.77. The molecule has 0 aliphatic heterocycles. The minimum atomic E-state index is -0.373. The fourth-order valence-electron chi connectivity index (χ4n) is 1.94. The molecule has 1 unspecified atom stereocenters. The van der Waals surface area contributed by atoms with Gasteiger partial charge in [0.05, 0.1) is 4.92 Å². The summed E-state index contributed by atoms with van der Waals surface area (Å²) in [5, 5.41) is 10.6. The summed E-state index contributed by atoms with van der Waals surface area (Å²) in [5.74, 6) is 0. The summed E-state index contributed by atoms with van der Waals surface area (Å²) in [5.41, 5.74) is 8.14. The molecular weight excluding hydrogens is 180 g/mol. The number of benzene rings is 1. The fraction of sp³-hybridized carbons (Fsp3) is 0.400. The molecule has 2 N–H and O–H groups in total. The Morgan fingerprint density at radius 1 is 1.50 bits per heavy atom. The molecule has 0 heterocycles. The highest BCUT2D eigenvalue weighted by Gasteiger charge is 2.19. The number of aryl methyl sites for hydroxylation is 1. The lowest BCUT2D eigenvalue weighted by Crippen LogP contribution is -2.17. The minimum absolute atomic E-state index is 0.0290. The Bertz CT molecular complexity index is 376. The Hall–Kier alpha value is -1.42. The van der Waals surface area contributed by atoms with E-state index >= 15 is 0 Å². The molecule has 4 nitrogen and oxygen atoms in total. The first-order valence-corrected chi connectivity index (χ1v) is 4.71. The van der Waals surface area contributed by atoms with E-state index in [2.05, 4.69) is 0 Å². The molecule has 0 amide bonds. The van der Waals surface area contributed by atoms with Crippen molar-refractivity contribution in [2.75, 3.05) is 0 Å². The number of hydrogen-bond acceptors (Lipinski definition) is 3. The summed E-state index contributed by atoms with van der Waals surface area (Å²) in [6, 6.07) is 4.96. The van der Waals surface area contributed by atoms with Crippen molar-refractivity contribution in [1.82, 2.24) is 0 Å². The number of non-ortho nitro benzene ring substituents is 1. The Morgan fingerprint density at radius 2 is 2.29 bits per heavy atom. The SMILES string of the molecule is NC1CCCc2ccc([N+](=O)[O-])cc21. The molecule has 0 saturated carbocycles. The molecule has 1 atom stereocenters. The standard InChI is InChI=1S/C10H12N2O2/c11-10-3-1-2-7-4-5-8(12(13)14)6-9(7)10/h4-6,10H,1-3,11H2. The van der Waals surface area contributed by atoms with E-state index in [0.717, 1.165) is 30.4 Å². The van der Waals surface area contributed by atoms with Crippen molar-refractivity contribution in [3.8, 4) is 0 Å². The summed E-state index contributed by atoms with van der Waals surface area (Å²) in [4.78, 5) is 10.2. The number of hydrogen-bond donors (Lipinski definition) is 1. The van der Waals surface area contributed by atoms with Crippen LogP contribution in [-0.4, -0.2) is 4.92 Å². The van der Waals surface area contributed by atoms with E-state index in [-0.39, 0.29) is 16.7 Å². The third kappa shape index (κ3) is 1.48. The third-order valence-electron chi connectivity index (χ3n) is 2.70. The maximum absolute atomic E-state index is 10.6. The zero-order chi connectivity index (χ0) is 10.1. The van der Waals surface area contributed by atoms with Crippen LogP contribution in [0.3, 0.4) is 0 Å². The molecule has 1 aromatic rings. The van der Waals surface area contributed by atoms with E-state index in [1.807, 2.05) is 6.07 Å². The molecule has 74 valence electrons. The lowest BCUT2D eigenvalue weighted by Gasteiger charge is -2.21. The second kappa shape index (κ2) is 3.38. The van der Waals surface area contributed by atoms with Gasteiger partial charge in [-0.15, -0.1) is 0 Å². The van der Waals surface area contributed by atoms with Crippen LogP contribution >= 0.6 is 0 Å². The van der Waals surface area contributed by atoms with Crippen LogP contribution in [0.15, 0.2) is 18.2 Å². The Kier molecular flexibility index (Phi) is 2.21. The van der Waals surface area contributed by atoms with Gasteiger partial charge >= 0.3 is 0 Å². The quantitative estimate of drug-likeness (QED) is 0.546. The molecule has 1 aromatic carbocycles. The average molecular weight is 192 g/mol. The van der Waals surface area contributed by atoms with Gasteiger partial charge in [0.15, 0.2) is 0 Å². The topological polar surface area (TPSA) is 69.2 Å². The molecule has 0 spiro atoms. The predicted molar refractivity (Wildman–Crippen MR) is 53.0 cm³/mol. The lowest BCUT2D eigenvalue weighted by molar-refractivity contribution is -0.385. The number of nitro groups is 1. The van der Waals surface area contributed by atoms with Gasteiger partial charge in [0, 0.05) is 18.2 Å². The molecule has 0 radical (unpaired) electrons. The van der Waals surface area contributed by atoms with Crippen molar-refractivity contribution < 1.29 is 4.92 Å². The normalized spacial score (nSPS) is 20.2. The van der Waals surface area contributed by atoms with E-state index < -0.39 is 0 Å². The van der Waals surface area contributed by atoms with Crippen LogP contribution in [0.1, 0.15) is 30.0 Å². The largest absolute Gasteiger partial charge is 0.324 e. The van der Waals surface area contributed by atoms with Gasteiger partial charge < -0.3 is 5.73 Å². The summed E-state index contributed by atoms with van der Waals surface area (Å²) in [6.07, 6.45) is 2.99. The van der Waals surface area contributed by atoms with Crippen LogP contribution in [-0.2, 0) is 6.42 Å². The molecule has 4 heteroatoms. The van der Waals surface area contributed by atoms with Crippen molar-refractivity contribution in [2.24, 2.45) is 5.73 Å². The molecule has 14 heavy (non-hydrogen) atoms. The molecule has 0 saturated heterocycles. The zero-order valence-electron chi connectivity index (χ0n) is 7.77. The number of nitrogens with zero attached hydrogens (tertiary/aromatic N) is 1. The second-order valence-corrected chi connectivity index (χ2v) is 3.64. The smallest absolute Gasteiger partial charge is 0.269 e. The molecular formula is C10H12N2O2. The number of nitrogens with two attached hydrogens (primary N) is 1. The Morgan fingerprint density at radius 3 is 3.00 bits per heavy atom. The minimum Gasteiger partial charge on any atom is -0.324 e. The van der Waals surface area contributed by atoms with Gasteiger partial charge in [-0.2, -0.15) is 0 Å². The van der Waals surface area contributed by atoms with Crippen LogP contribution < -0.4 is 5.73 Å². The number of fused-ring (bicyclic) bond motifs is 1. The third-order valence-corrected chi connectivity index (χ3v) is 2.70. The highest BCUT2D eigenvalue weighted by atomic mass is 16.6. The van der Waals surface area contributed by atoms with Crippen LogP contribution in [0.2, 0.25) is 0 Å². The maximum atomic E-state index is 10.6. The van der Waals surface area contributed by atoms with E-state index in [1.54, 1.807) is 12.1 Å². The molecule has 1 aliphatic carbocycles. The summed E-state index contributed by atoms with van der Waals surface area (Å²) in [6.45, 7) is 0. The van der Waals surface area contributed by atoms with E-state index in [0.29, 0.717) is 0 Å². The lowest BCUT2D eigenvalue weighted by atomic mass is 9.88. The highest BCUT2D eigenvalue weighted by molar-refractivity contribution is 5.42. The van der Waals surface area contributed by atoms with Gasteiger partial charge in [0.25, 0.3) is 5.69 Å². The van der Waals surface area contributed by atoms with E-state index in [4.69, 9.17) is 5.73 Å². The van der Waals surface area contributed by atoms with Crippen molar-refractivity contribution in [3.05, 3.63) is 39.4 Å². The van der Waals surface area contributed by atoms with E-state index in [9.17, 15) is 10.1 Å². The van der Waals surface area contributed by atoms with Gasteiger partial charge in [-0.1, -0.05) is 6.07 Å². The van der Waals surface area contributed by atoms with Gasteiger partial charge in [-0.25, -0.2) is 0 Å².